The molecule has 1 atom stereocenters. The molecule has 1 aromatic rings. The maximum absolute atomic E-state index is 13.0. The Morgan fingerprint density at radius 2 is 2.12 bits per heavy atom. The first kappa shape index (κ1) is 18.5. The Kier molecular flexibility index (Phi) is 5.99. The first-order chi connectivity index (χ1) is 11.4. The third kappa shape index (κ3) is 4.15. The lowest BCUT2D eigenvalue weighted by molar-refractivity contribution is -0.140. The van der Waals surface area contributed by atoms with E-state index in [4.69, 9.17) is 4.74 Å². The van der Waals surface area contributed by atoms with Gasteiger partial charge in [-0.2, -0.15) is 0 Å². The van der Waals surface area contributed by atoms with Gasteiger partial charge in [-0.05, 0) is 58.2 Å². The standard InChI is InChI=1S/C19H28N2O3/c1-5-21(15-9-6-8-14(2)12-15)18(23)19(3,4)17(22)20-13-16-10-7-11-24-16/h6,8-9,12,16H,5,7,10-11,13H2,1-4H3,(H,20,22). The van der Waals surface area contributed by atoms with Gasteiger partial charge < -0.3 is 15.0 Å². The van der Waals surface area contributed by atoms with Gasteiger partial charge in [0.15, 0.2) is 0 Å². The van der Waals surface area contributed by atoms with E-state index in [1.807, 2.05) is 38.1 Å². The molecule has 1 fully saturated rings. The minimum atomic E-state index is -1.13. The average molecular weight is 332 g/mol. The van der Waals surface area contributed by atoms with Crippen LogP contribution in [0.25, 0.3) is 0 Å². The predicted octanol–water partition coefficient (Wildman–Crippen LogP) is 2.67. The summed E-state index contributed by atoms with van der Waals surface area (Å²) in [5.74, 6) is -0.449. The Morgan fingerprint density at radius 3 is 2.71 bits per heavy atom. The molecule has 1 heterocycles. The fourth-order valence-electron chi connectivity index (χ4n) is 2.91. The van der Waals surface area contributed by atoms with Gasteiger partial charge in [-0.25, -0.2) is 0 Å². The fraction of sp³-hybridized carbons (Fsp3) is 0.579. The molecule has 1 unspecified atom stereocenters. The van der Waals surface area contributed by atoms with Gasteiger partial charge in [-0.1, -0.05) is 12.1 Å². The SMILES string of the molecule is CCN(C(=O)C(C)(C)C(=O)NCC1CCCO1)c1cccc(C)c1. The number of benzene rings is 1. The van der Waals surface area contributed by atoms with E-state index in [1.165, 1.54) is 0 Å². The van der Waals surface area contributed by atoms with Gasteiger partial charge in [0.25, 0.3) is 0 Å². The van der Waals surface area contributed by atoms with Crippen LogP contribution in [-0.4, -0.2) is 37.6 Å². The lowest BCUT2D eigenvalue weighted by Crippen LogP contribution is -2.50. The second kappa shape index (κ2) is 7.79. The molecular formula is C19H28N2O3. The van der Waals surface area contributed by atoms with Crippen molar-refractivity contribution in [3.05, 3.63) is 29.8 Å². The van der Waals surface area contributed by atoms with Crippen LogP contribution in [0.4, 0.5) is 5.69 Å². The summed E-state index contributed by atoms with van der Waals surface area (Å²) >= 11 is 0. The molecule has 0 aromatic heterocycles. The molecule has 24 heavy (non-hydrogen) atoms. The summed E-state index contributed by atoms with van der Waals surface area (Å²) in [6, 6.07) is 7.77. The minimum Gasteiger partial charge on any atom is -0.376 e. The molecule has 1 N–H and O–H groups in total. The lowest BCUT2D eigenvalue weighted by atomic mass is 9.89. The number of ether oxygens (including phenoxy) is 1. The lowest BCUT2D eigenvalue weighted by Gasteiger charge is -2.31. The van der Waals surface area contributed by atoms with Crippen molar-refractivity contribution < 1.29 is 14.3 Å². The highest BCUT2D eigenvalue weighted by molar-refractivity contribution is 6.11. The molecule has 0 aliphatic carbocycles. The van der Waals surface area contributed by atoms with Crippen LogP contribution in [0.3, 0.4) is 0 Å². The number of carbonyl (C=O) groups excluding carboxylic acids is 2. The number of hydrogen-bond acceptors (Lipinski definition) is 3. The smallest absolute Gasteiger partial charge is 0.242 e. The van der Waals surface area contributed by atoms with Gasteiger partial charge in [-0.3, -0.25) is 9.59 Å². The number of hydrogen-bond donors (Lipinski definition) is 1. The summed E-state index contributed by atoms with van der Waals surface area (Å²) in [7, 11) is 0. The van der Waals surface area contributed by atoms with Gasteiger partial charge in [0.2, 0.25) is 11.8 Å². The van der Waals surface area contributed by atoms with Crippen LogP contribution in [0.5, 0.6) is 0 Å². The van der Waals surface area contributed by atoms with Gasteiger partial charge in [0.05, 0.1) is 6.10 Å². The fourth-order valence-corrected chi connectivity index (χ4v) is 2.91. The Balaban J connectivity index is 2.07. The van der Waals surface area contributed by atoms with Crippen LogP contribution in [0, 0.1) is 12.3 Å². The Labute approximate surface area is 144 Å². The van der Waals surface area contributed by atoms with E-state index in [0.717, 1.165) is 30.7 Å². The monoisotopic (exact) mass is 332 g/mol. The van der Waals surface area contributed by atoms with Crippen LogP contribution < -0.4 is 10.2 Å². The third-order valence-corrected chi connectivity index (χ3v) is 4.49. The van der Waals surface area contributed by atoms with Gasteiger partial charge in [0.1, 0.15) is 5.41 Å². The number of nitrogens with one attached hydrogen (secondary N) is 1. The number of nitrogens with zero attached hydrogens (tertiary/aromatic N) is 1. The molecule has 2 rings (SSSR count). The van der Waals surface area contributed by atoms with E-state index < -0.39 is 5.41 Å². The summed E-state index contributed by atoms with van der Waals surface area (Å²) in [6.45, 7) is 9.00. The van der Waals surface area contributed by atoms with E-state index in [9.17, 15) is 9.59 Å². The molecule has 5 nitrogen and oxygen atoms in total. The van der Waals surface area contributed by atoms with Crippen molar-refractivity contribution in [1.29, 1.82) is 0 Å². The molecule has 1 aliphatic heterocycles. The minimum absolute atomic E-state index is 0.0684. The first-order valence-corrected chi connectivity index (χ1v) is 8.64. The van der Waals surface area contributed by atoms with E-state index >= 15 is 0 Å². The maximum atomic E-state index is 13.0. The first-order valence-electron chi connectivity index (χ1n) is 8.64. The van der Waals surface area contributed by atoms with Crippen molar-refractivity contribution in [1.82, 2.24) is 5.32 Å². The van der Waals surface area contributed by atoms with Crippen LogP contribution in [0.2, 0.25) is 0 Å². The summed E-state index contributed by atoms with van der Waals surface area (Å²) in [6.07, 6.45) is 2.05. The number of anilines is 1. The number of amides is 2. The molecule has 0 radical (unpaired) electrons. The highest BCUT2D eigenvalue weighted by Crippen LogP contribution is 2.25. The maximum Gasteiger partial charge on any atom is 0.242 e. The second-order valence-corrected chi connectivity index (χ2v) is 6.86. The largest absolute Gasteiger partial charge is 0.376 e. The molecule has 5 heteroatoms. The third-order valence-electron chi connectivity index (χ3n) is 4.49. The molecule has 0 bridgehead atoms. The zero-order valence-corrected chi connectivity index (χ0v) is 15.1. The zero-order chi connectivity index (χ0) is 17.7. The average Bonchev–Trinajstić information content (AvgIpc) is 3.06. The van der Waals surface area contributed by atoms with Gasteiger partial charge >= 0.3 is 0 Å². The van der Waals surface area contributed by atoms with Crippen molar-refractivity contribution in [2.45, 2.75) is 46.6 Å². The van der Waals surface area contributed by atoms with Crippen LogP contribution in [-0.2, 0) is 14.3 Å². The van der Waals surface area contributed by atoms with Crippen molar-refractivity contribution >= 4 is 17.5 Å². The van der Waals surface area contributed by atoms with Crippen LogP contribution in [0.15, 0.2) is 24.3 Å². The summed E-state index contributed by atoms with van der Waals surface area (Å²) in [4.78, 5) is 27.2. The van der Waals surface area contributed by atoms with Gasteiger partial charge in [0, 0.05) is 25.4 Å². The highest BCUT2D eigenvalue weighted by Gasteiger charge is 2.39. The van der Waals surface area contributed by atoms with Crippen molar-refractivity contribution in [2.24, 2.45) is 5.41 Å². The molecule has 1 aromatic carbocycles. The van der Waals surface area contributed by atoms with Crippen LogP contribution >= 0.6 is 0 Å². The van der Waals surface area contributed by atoms with Crippen molar-refractivity contribution in [3.8, 4) is 0 Å². The molecule has 1 saturated heterocycles. The van der Waals surface area contributed by atoms with Crippen LogP contribution in [0.1, 0.15) is 39.2 Å². The Bertz CT molecular complexity index is 592. The van der Waals surface area contributed by atoms with Crippen molar-refractivity contribution in [2.75, 3.05) is 24.6 Å². The van der Waals surface area contributed by atoms with E-state index in [-0.39, 0.29) is 17.9 Å². The quantitative estimate of drug-likeness (QED) is 0.815. The topological polar surface area (TPSA) is 58.6 Å². The zero-order valence-electron chi connectivity index (χ0n) is 15.1. The second-order valence-electron chi connectivity index (χ2n) is 6.86. The Hall–Kier alpha value is -1.88. The summed E-state index contributed by atoms with van der Waals surface area (Å²) in [5.41, 5.74) is 0.778. The molecule has 1 aliphatic rings. The Morgan fingerprint density at radius 1 is 1.38 bits per heavy atom. The van der Waals surface area contributed by atoms with Gasteiger partial charge in [-0.15, -0.1) is 0 Å². The predicted molar refractivity (Wildman–Crippen MR) is 95.0 cm³/mol. The van der Waals surface area contributed by atoms with E-state index in [2.05, 4.69) is 5.32 Å². The summed E-state index contributed by atoms with van der Waals surface area (Å²) < 4.78 is 5.52. The summed E-state index contributed by atoms with van der Waals surface area (Å²) in [5, 5.41) is 2.88. The molecular weight excluding hydrogens is 304 g/mol. The molecule has 0 spiro atoms. The molecule has 0 saturated carbocycles. The van der Waals surface area contributed by atoms with Crippen molar-refractivity contribution in [3.63, 3.8) is 0 Å². The number of carbonyl (C=O) groups is 2. The van der Waals surface area contributed by atoms with E-state index in [0.29, 0.717) is 13.1 Å². The normalized spacial score (nSPS) is 17.6. The number of rotatable bonds is 6. The highest BCUT2D eigenvalue weighted by atomic mass is 16.5. The van der Waals surface area contributed by atoms with E-state index in [1.54, 1.807) is 18.7 Å². The number of aryl methyl sites for hydroxylation is 1. The molecule has 132 valence electrons. The molecule has 2 amide bonds.